The SMILES string of the molecule is C[C@@H](C(=O)N1CCc2ccccc2C1)N(C)CC(=O)Nc1cccc(F)c1. The standard InChI is InChI=1S/C21H24FN3O2/c1-15(21(27)25-11-10-16-6-3-4-7-17(16)13-25)24(2)14-20(26)23-19-9-5-8-18(22)12-19/h3-9,12,15H,10-11,13-14H2,1-2H3,(H,23,26)/t15-/m0/s1. The van der Waals surface area contributed by atoms with Crippen LogP contribution >= 0.6 is 0 Å². The number of nitrogens with one attached hydrogen (secondary N) is 1. The zero-order valence-electron chi connectivity index (χ0n) is 15.6. The summed E-state index contributed by atoms with van der Waals surface area (Å²) in [5.74, 6) is -0.688. The van der Waals surface area contributed by atoms with Crippen LogP contribution in [0.15, 0.2) is 48.5 Å². The third-order valence-corrected chi connectivity index (χ3v) is 4.96. The maximum Gasteiger partial charge on any atom is 0.239 e. The van der Waals surface area contributed by atoms with Crippen molar-refractivity contribution in [2.45, 2.75) is 25.9 Å². The van der Waals surface area contributed by atoms with E-state index in [2.05, 4.69) is 17.4 Å². The first-order chi connectivity index (χ1) is 12.9. The molecule has 27 heavy (non-hydrogen) atoms. The van der Waals surface area contributed by atoms with Crippen LogP contribution in [0.3, 0.4) is 0 Å². The fourth-order valence-electron chi connectivity index (χ4n) is 3.27. The second-order valence-electron chi connectivity index (χ2n) is 6.93. The first kappa shape index (κ1) is 19.0. The highest BCUT2D eigenvalue weighted by Gasteiger charge is 2.27. The Morgan fingerprint density at radius 1 is 1.19 bits per heavy atom. The van der Waals surface area contributed by atoms with Crippen LogP contribution in [0.5, 0.6) is 0 Å². The number of hydrogen-bond acceptors (Lipinski definition) is 3. The summed E-state index contributed by atoms with van der Waals surface area (Å²) in [5.41, 5.74) is 2.87. The van der Waals surface area contributed by atoms with E-state index in [0.29, 0.717) is 18.8 Å². The molecule has 0 radical (unpaired) electrons. The number of halogens is 1. The number of carbonyl (C=O) groups is 2. The molecule has 6 heteroatoms. The molecule has 2 aromatic rings. The van der Waals surface area contributed by atoms with E-state index in [1.807, 2.05) is 17.0 Å². The number of benzene rings is 2. The quantitative estimate of drug-likeness (QED) is 0.882. The lowest BCUT2D eigenvalue weighted by Crippen LogP contribution is -2.49. The van der Waals surface area contributed by atoms with Gasteiger partial charge in [0.25, 0.3) is 0 Å². The second-order valence-corrected chi connectivity index (χ2v) is 6.93. The maximum absolute atomic E-state index is 13.2. The molecule has 1 N–H and O–H groups in total. The number of hydrogen-bond donors (Lipinski definition) is 1. The Balaban J connectivity index is 1.56. The summed E-state index contributed by atoms with van der Waals surface area (Å²) in [7, 11) is 1.74. The Labute approximate surface area is 158 Å². The molecule has 3 rings (SSSR count). The smallest absolute Gasteiger partial charge is 0.239 e. The van der Waals surface area contributed by atoms with Crippen molar-refractivity contribution in [2.24, 2.45) is 0 Å². The molecule has 2 amide bonds. The van der Waals surface area contributed by atoms with Crippen LogP contribution in [0.2, 0.25) is 0 Å². The van der Waals surface area contributed by atoms with Gasteiger partial charge in [-0.05, 0) is 49.7 Å². The molecule has 5 nitrogen and oxygen atoms in total. The largest absolute Gasteiger partial charge is 0.337 e. The molecule has 0 saturated carbocycles. The Kier molecular flexibility index (Phi) is 5.86. The highest BCUT2D eigenvalue weighted by atomic mass is 19.1. The molecule has 1 heterocycles. The van der Waals surface area contributed by atoms with Crippen molar-refractivity contribution in [3.8, 4) is 0 Å². The van der Waals surface area contributed by atoms with Gasteiger partial charge in [0.1, 0.15) is 5.82 Å². The zero-order valence-corrected chi connectivity index (χ0v) is 15.6. The molecule has 0 fully saturated rings. The van der Waals surface area contributed by atoms with Gasteiger partial charge in [0.05, 0.1) is 12.6 Å². The summed E-state index contributed by atoms with van der Waals surface area (Å²) in [6.45, 7) is 3.14. The average molecular weight is 369 g/mol. The van der Waals surface area contributed by atoms with Crippen LogP contribution < -0.4 is 5.32 Å². The van der Waals surface area contributed by atoms with Crippen molar-refractivity contribution >= 4 is 17.5 Å². The topological polar surface area (TPSA) is 52.7 Å². The minimum absolute atomic E-state index is 0.00515. The average Bonchev–Trinajstić information content (AvgIpc) is 2.66. The number of anilines is 1. The predicted octanol–water partition coefficient (Wildman–Crippen LogP) is 2.67. The van der Waals surface area contributed by atoms with E-state index < -0.39 is 11.9 Å². The fraction of sp³-hybridized carbons (Fsp3) is 0.333. The number of nitrogens with zero attached hydrogens (tertiary/aromatic N) is 2. The van der Waals surface area contributed by atoms with Crippen molar-refractivity contribution in [2.75, 3.05) is 25.5 Å². The molecule has 0 aromatic heterocycles. The minimum atomic E-state index is -0.423. The summed E-state index contributed by atoms with van der Waals surface area (Å²) in [4.78, 5) is 28.6. The van der Waals surface area contributed by atoms with Crippen molar-refractivity contribution in [1.29, 1.82) is 0 Å². The van der Waals surface area contributed by atoms with E-state index in [1.165, 1.54) is 29.3 Å². The molecule has 1 aliphatic rings. The summed E-state index contributed by atoms with van der Waals surface area (Å²) < 4.78 is 13.2. The van der Waals surface area contributed by atoms with E-state index in [4.69, 9.17) is 0 Å². The molecular weight excluding hydrogens is 345 g/mol. The second kappa shape index (κ2) is 8.31. The Morgan fingerprint density at radius 3 is 2.67 bits per heavy atom. The van der Waals surface area contributed by atoms with Gasteiger partial charge in [0.2, 0.25) is 11.8 Å². The number of fused-ring (bicyclic) bond motifs is 1. The Bertz CT molecular complexity index is 840. The summed E-state index contributed by atoms with van der Waals surface area (Å²) in [6, 6.07) is 13.5. The van der Waals surface area contributed by atoms with Gasteiger partial charge in [-0.1, -0.05) is 30.3 Å². The van der Waals surface area contributed by atoms with E-state index in [0.717, 1.165) is 6.42 Å². The summed E-state index contributed by atoms with van der Waals surface area (Å²) in [5, 5.41) is 2.65. The highest BCUT2D eigenvalue weighted by Crippen LogP contribution is 2.19. The molecule has 0 spiro atoms. The van der Waals surface area contributed by atoms with Crippen molar-refractivity contribution in [3.63, 3.8) is 0 Å². The van der Waals surface area contributed by atoms with Gasteiger partial charge in [-0.3, -0.25) is 14.5 Å². The lowest BCUT2D eigenvalue weighted by molar-refractivity contribution is -0.137. The van der Waals surface area contributed by atoms with Crippen LogP contribution in [-0.2, 0) is 22.6 Å². The monoisotopic (exact) mass is 369 g/mol. The lowest BCUT2D eigenvalue weighted by atomic mass is 9.99. The number of rotatable bonds is 5. The van der Waals surface area contributed by atoms with Gasteiger partial charge >= 0.3 is 0 Å². The van der Waals surface area contributed by atoms with Crippen molar-refractivity contribution in [3.05, 3.63) is 65.5 Å². The van der Waals surface area contributed by atoms with Gasteiger partial charge in [0, 0.05) is 18.8 Å². The van der Waals surface area contributed by atoms with Gasteiger partial charge < -0.3 is 10.2 Å². The van der Waals surface area contributed by atoms with E-state index >= 15 is 0 Å². The molecule has 1 aliphatic heterocycles. The molecule has 0 saturated heterocycles. The summed E-state index contributed by atoms with van der Waals surface area (Å²) in [6.07, 6.45) is 0.846. The molecule has 0 unspecified atom stereocenters. The zero-order chi connectivity index (χ0) is 19.4. The normalized spacial score (nSPS) is 14.6. The highest BCUT2D eigenvalue weighted by molar-refractivity contribution is 5.92. The Hall–Kier alpha value is -2.73. The van der Waals surface area contributed by atoms with Crippen LogP contribution in [-0.4, -0.2) is 47.8 Å². The lowest BCUT2D eigenvalue weighted by Gasteiger charge is -2.33. The third kappa shape index (κ3) is 4.71. The first-order valence-electron chi connectivity index (χ1n) is 9.05. The Morgan fingerprint density at radius 2 is 1.93 bits per heavy atom. The molecular formula is C21H24FN3O2. The minimum Gasteiger partial charge on any atom is -0.337 e. The maximum atomic E-state index is 13.2. The van der Waals surface area contributed by atoms with Crippen LogP contribution in [0, 0.1) is 5.82 Å². The van der Waals surface area contributed by atoms with Crippen LogP contribution in [0.1, 0.15) is 18.1 Å². The molecule has 0 aliphatic carbocycles. The van der Waals surface area contributed by atoms with Crippen LogP contribution in [0.25, 0.3) is 0 Å². The molecule has 1 atom stereocenters. The van der Waals surface area contributed by atoms with Gasteiger partial charge in [-0.2, -0.15) is 0 Å². The number of amides is 2. The molecule has 142 valence electrons. The predicted molar refractivity (Wildman–Crippen MR) is 103 cm³/mol. The van der Waals surface area contributed by atoms with Crippen LogP contribution in [0.4, 0.5) is 10.1 Å². The van der Waals surface area contributed by atoms with E-state index in [9.17, 15) is 14.0 Å². The van der Waals surface area contributed by atoms with E-state index in [1.54, 1.807) is 24.9 Å². The number of likely N-dealkylation sites (N-methyl/N-ethyl adjacent to an activating group) is 1. The summed E-state index contributed by atoms with van der Waals surface area (Å²) >= 11 is 0. The van der Waals surface area contributed by atoms with Gasteiger partial charge in [0.15, 0.2) is 0 Å². The number of carbonyl (C=O) groups excluding carboxylic acids is 2. The van der Waals surface area contributed by atoms with E-state index in [-0.39, 0.29) is 18.4 Å². The van der Waals surface area contributed by atoms with Gasteiger partial charge in [-0.15, -0.1) is 0 Å². The van der Waals surface area contributed by atoms with Gasteiger partial charge in [-0.25, -0.2) is 4.39 Å². The third-order valence-electron chi connectivity index (χ3n) is 4.96. The molecule has 2 aromatic carbocycles. The molecule has 0 bridgehead atoms. The fourth-order valence-corrected chi connectivity index (χ4v) is 3.27. The first-order valence-corrected chi connectivity index (χ1v) is 9.05. The van der Waals surface area contributed by atoms with Crippen molar-refractivity contribution < 1.29 is 14.0 Å². The van der Waals surface area contributed by atoms with Crippen molar-refractivity contribution in [1.82, 2.24) is 9.80 Å².